The molecule has 1 atom stereocenters. The van der Waals surface area contributed by atoms with E-state index in [1.807, 2.05) is 30.3 Å². The van der Waals surface area contributed by atoms with E-state index in [0.717, 1.165) is 10.0 Å². The Morgan fingerprint density at radius 1 is 1.10 bits per heavy atom. The number of carbonyl (C=O) groups excluding carboxylic acids is 3. The molecule has 31 heavy (non-hydrogen) atoms. The number of rotatable bonds is 8. The number of nitrogens with one attached hydrogen (secondary N) is 2. The van der Waals surface area contributed by atoms with Crippen LogP contribution < -0.4 is 10.7 Å². The Labute approximate surface area is 194 Å². The predicted molar refractivity (Wildman–Crippen MR) is 125 cm³/mol. The van der Waals surface area contributed by atoms with Gasteiger partial charge < -0.3 is 5.32 Å². The summed E-state index contributed by atoms with van der Waals surface area (Å²) in [6, 6.07) is 15.7. The van der Waals surface area contributed by atoms with Crippen molar-refractivity contribution in [3.05, 3.63) is 70.2 Å². The van der Waals surface area contributed by atoms with Gasteiger partial charge in [0.1, 0.15) is 6.04 Å². The second kappa shape index (κ2) is 10.5. The molecule has 1 aliphatic heterocycles. The summed E-state index contributed by atoms with van der Waals surface area (Å²) in [5, 5.41) is 4.34. The molecular weight excluding hydrogens is 480 g/mol. The highest BCUT2D eigenvalue weighted by atomic mass is 79.9. The third kappa shape index (κ3) is 5.68. The van der Waals surface area contributed by atoms with Crippen LogP contribution in [0.15, 0.2) is 59.1 Å². The van der Waals surface area contributed by atoms with Crippen molar-refractivity contribution in [2.45, 2.75) is 25.8 Å². The summed E-state index contributed by atoms with van der Waals surface area (Å²) >= 11 is 8.72. The van der Waals surface area contributed by atoms with Crippen molar-refractivity contribution in [3.63, 3.8) is 0 Å². The van der Waals surface area contributed by atoms with Gasteiger partial charge in [-0.15, -0.1) is 0 Å². The van der Waals surface area contributed by atoms with Crippen molar-refractivity contribution < 1.29 is 14.4 Å². The summed E-state index contributed by atoms with van der Waals surface area (Å²) in [5.74, 6) is -0.991. The molecule has 0 unspecified atom stereocenters. The van der Waals surface area contributed by atoms with E-state index in [9.17, 15) is 14.4 Å². The Morgan fingerprint density at radius 2 is 1.77 bits per heavy atom. The first-order chi connectivity index (χ1) is 14.9. The lowest BCUT2D eigenvalue weighted by molar-refractivity contribution is -0.132. The molecule has 1 aliphatic rings. The average Bonchev–Trinajstić information content (AvgIpc) is 2.98. The Bertz CT molecular complexity index is 968. The molecule has 3 amide bonds. The van der Waals surface area contributed by atoms with Gasteiger partial charge in [0, 0.05) is 23.1 Å². The monoisotopic (exact) mass is 502 g/mol. The number of hydrogen-bond acceptors (Lipinski definition) is 4. The fraction of sp³-hybridized carbons (Fsp3) is 0.273. The molecule has 0 aliphatic carbocycles. The van der Waals surface area contributed by atoms with E-state index in [0.29, 0.717) is 25.1 Å². The van der Waals surface area contributed by atoms with Gasteiger partial charge in [0.2, 0.25) is 5.91 Å². The van der Waals surface area contributed by atoms with E-state index in [1.54, 1.807) is 31.2 Å². The maximum Gasteiger partial charge on any atom is 0.269 e. The SMILES string of the molecule is CCN1C(=O)[C@H](CC(=O)NCCc2ccccc2)N(NC(=O)c2ccc(Br)cc2)C1=S. The molecule has 162 valence electrons. The number of benzene rings is 2. The van der Waals surface area contributed by atoms with Crippen molar-refractivity contribution in [1.82, 2.24) is 20.7 Å². The van der Waals surface area contributed by atoms with Crippen LogP contribution in [0.25, 0.3) is 0 Å². The van der Waals surface area contributed by atoms with Crippen molar-refractivity contribution in [2.75, 3.05) is 13.1 Å². The largest absolute Gasteiger partial charge is 0.356 e. The number of halogens is 1. The van der Waals surface area contributed by atoms with Crippen LogP contribution in [0.3, 0.4) is 0 Å². The van der Waals surface area contributed by atoms with Crippen LogP contribution in [0.1, 0.15) is 29.3 Å². The Morgan fingerprint density at radius 3 is 2.42 bits per heavy atom. The third-order valence-corrected chi connectivity index (χ3v) is 5.85. The first-order valence-corrected chi connectivity index (χ1v) is 11.1. The molecule has 0 bridgehead atoms. The lowest BCUT2D eigenvalue weighted by Gasteiger charge is -2.24. The van der Waals surface area contributed by atoms with Crippen LogP contribution in [-0.2, 0) is 16.0 Å². The maximum absolute atomic E-state index is 12.8. The zero-order valence-electron chi connectivity index (χ0n) is 17.0. The van der Waals surface area contributed by atoms with Crippen LogP contribution in [0.2, 0.25) is 0 Å². The van der Waals surface area contributed by atoms with E-state index in [2.05, 4.69) is 26.7 Å². The smallest absolute Gasteiger partial charge is 0.269 e. The number of hydrogen-bond donors (Lipinski definition) is 2. The highest BCUT2D eigenvalue weighted by Gasteiger charge is 2.43. The van der Waals surface area contributed by atoms with Crippen molar-refractivity contribution in [3.8, 4) is 0 Å². The van der Waals surface area contributed by atoms with E-state index in [-0.39, 0.29) is 23.3 Å². The highest BCUT2D eigenvalue weighted by molar-refractivity contribution is 9.10. The van der Waals surface area contributed by atoms with Gasteiger partial charge >= 0.3 is 0 Å². The molecule has 0 aromatic heterocycles. The number of nitrogens with zero attached hydrogens (tertiary/aromatic N) is 2. The summed E-state index contributed by atoms with van der Waals surface area (Å²) in [5.41, 5.74) is 4.22. The van der Waals surface area contributed by atoms with Crippen LogP contribution in [0.5, 0.6) is 0 Å². The van der Waals surface area contributed by atoms with E-state index in [1.165, 1.54) is 9.91 Å². The molecular formula is C22H23BrN4O3S. The number of carbonyl (C=O) groups is 3. The summed E-state index contributed by atoms with van der Waals surface area (Å²) in [6.07, 6.45) is 0.583. The molecule has 0 saturated carbocycles. The topological polar surface area (TPSA) is 81.8 Å². The standard InChI is InChI=1S/C22H23BrN4O3S/c1-2-26-21(30)18(14-19(28)24-13-12-15-6-4-3-5-7-15)27(22(26)31)25-20(29)16-8-10-17(23)11-9-16/h3-11,18H,2,12-14H2,1H3,(H,24,28)(H,25,29)/t18-/m0/s1. The number of thiocarbonyl (C=S) groups is 1. The molecule has 2 N–H and O–H groups in total. The molecule has 0 spiro atoms. The lowest BCUT2D eigenvalue weighted by Crippen LogP contribution is -2.50. The lowest BCUT2D eigenvalue weighted by atomic mass is 10.1. The molecule has 1 saturated heterocycles. The van der Waals surface area contributed by atoms with Crippen molar-refractivity contribution in [2.24, 2.45) is 0 Å². The number of amides is 3. The molecule has 0 radical (unpaired) electrons. The summed E-state index contributed by atoms with van der Waals surface area (Å²) in [6.45, 7) is 2.60. The van der Waals surface area contributed by atoms with Gasteiger partial charge in [-0.25, -0.2) is 5.01 Å². The van der Waals surface area contributed by atoms with Gasteiger partial charge in [0.05, 0.1) is 6.42 Å². The first kappa shape index (κ1) is 22.9. The zero-order chi connectivity index (χ0) is 22.4. The molecule has 2 aromatic carbocycles. The van der Waals surface area contributed by atoms with Crippen LogP contribution >= 0.6 is 28.1 Å². The van der Waals surface area contributed by atoms with Crippen molar-refractivity contribution in [1.29, 1.82) is 0 Å². The minimum atomic E-state index is -0.886. The zero-order valence-corrected chi connectivity index (χ0v) is 19.4. The molecule has 1 fully saturated rings. The van der Waals surface area contributed by atoms with E-state index >= 15 is 0 Å². The molecule has 1 heterocycles. The first-order valence-electron chi connectivity index (χ1n) is 9.92. The van der Waals surface area contributed by atoms with Gasteiger partial charge in [-0.2, -0.15) is 0 Å². The summed E-state index contributed by atoms with van der Waals surface area (Å²) in [4.78, 5) is 39.4. The highest BCUT2D eigenvalue weighted by Crippen LogP contribution is 2.19. The summed E-state index contributed by atoms with van der Waals surface area (Å²) in [7, 11) is 0. The second-order valence-electron chi connectivity index (χ2n) is 6.99. The second-order valence-corrected chi connectivity index (χ2v) is 8.27. The fourth-order valence-corrected chi connectivity index (χ4v) is 3.91. The normalized spacial score (nSPS) is 15.9. The minimum absolute atomic E-state index is 0.106. The van der Waals surface area contributed by atoms with Gasteiger partial charge in [0.15, 0.2) is 5.11 Å². The molecule has 3 rings (SSSR count). The molecule has 9 heteroatoms. The van der Waals surface area contributed by atoms with Gasteiger partial charge in [-0.3, -0.25) is 24.7 Å². The van der Waals surface area contributed by atoms with Gasteiger partial charge in [-0.05, 0) is 55.4 Å². The van der Waals surface area contributed by atoms with E-state index in [4.69, 9.17) is 12.2 Å². The van der Waals surface area contributed by atoms with Crippen LogP contribution in [0.4, 0.5) is 0 Å². The fourth-order valence-electron chi connectivity index (χ4n) is 3.26. The van der Waals surface area contributed by atoms with E-state index < -0.39 is 11.9 Å². The average molecular weight is 503 g/mol. The minimum Gasteiger partial charge on any atom is -0.356 e. The predicted octanol–water partition coefficient (Wildman–Crippen LogP) is 2.66. The summed E-state index contributed by atoms with van der Waals surface area (Å²) < 4.78 is 0.845. The molecule has 7 nitrogen and oxygen atoms in total. The Balaban J connectivity index is 1.64. The number of likely N-dealkylation sites (N-methyl/N-ethyl adjacent to an activating group) is 1. The van der Waals surface area contributed by atoms with Crippen molar-refractivity contribution >= 4 is 51.0 Å². The van der Waals surface area contributed by atoms with Crippen LogP contribution in [0, 0.1) is 0 Å². The molecule has 2 aromatic rings. The van der Waals surface area contributed by atoms with Crippen LogP contribution in [-0.4, -0.2) is 51.9 Å². The quantitative estimate of drug-likeness (QED) is 0.542. The Hall–Kier alpha value is -2.78. The van der Waals surface area contributed by atoms with Gasteiger partial charge in [-0.1, -0.05) is 46.3 Å². The van der Waals surface area contributed by atoms with Gasteiger partial charge in [0.25, 0.3) is 11.8 Å². The third-order valence-electron chi connectivity index (χ3n) is 4.90. The Kier molecular flexibility index (Phi) is 7.75. The number of hydrazine groups is 1. The maximum atomic E-state index is 12.8.